The van der Waals surface area contributed by atoms with E-state index in [4.69, 9.17) is 0 Å². The van der Waals surface area contributed by atoms with Crippen LogP contribution >= 0.6 is 0 Å². The quantitative estimate of drug-likeness (QED) is 0.536. The topological polar surface area (TPSA) is 55.9 Å². The SMILES string of the molecule is C=C(C)N1CC(CN2CCN(c3ccc(C(CCC=O)C(=O)NC)cc3)CC2)C1.CC.CCC. The zero-order valence-electron chi connectivity index (χ0n) is 22.5. The fourth-order valence-electron chi connectivity index (χ4n) is 4.33. The number of rotatable bonds is 9. The van der Waals surface area contributed by atoms with E-state index in [1.807, 2.05) is 26.0 Å². The molecule has 2 aliphatic heterocycles. The van der Waals surface area contributed by atoms with Crippen LogP contribution in [0.3, 0.4) is 0 Å². The van der Waals surface area contributed by atoms with Gasteiger partial charge in [0, 0.05) is 76.6 Å². The number of benzene rings is 1. The summed E-state index contributed by atoms with van der Waals surface area (Å²) in [4.78, 5) is 30.2. The Morgan fingerprint density at radius 2 is 1.68 bits per heavy atom. The van der Waals surface area contributed by atoms with Gasteiger partial charge < -0.3 is 19.9 Å². The smallest absolute Gasteiger partial charge is 0.227 e. The fourth-order valence-corrected chi connectivity index (χ4v) is 4.33. The van der Waals surface area contributed by atoms with Crippen molar-refractivity contribution < 1.29 is 9.59 Å². The molecule has 1 N–H and O–H groups in total. The van der Waals surface area contributed by atoms with Gasteiger partial charge in [-0.05, 0) is 31.0 Å². The van der Waals surface area contributed by atoms with Crippen molar-refractivity contribution in [3.05, 3.63) is 42.1 Å². The molecule has 2 fully saturated rings. The van der Waals surface area contributed by atoms with E-state index in [2.05, 4.69) is 59.5 Å². The van der Waals surface area contributed by atoms with Gasteiger partial charge in [0.25, 0.3) is 0 Å². The number of piperazine rings is 1. The molecule has 2 heterocycles. The van der Waals surface area contributed by atoms with Crippen LogP contribution in [-0.4, -0.2) is 74.9 Å². The number of nitrogens with zero attached hydrogens (tertiary/aromatic N) is 3. The van der Waals surface area contributed by atoms with Crippen LogP contribution in [0.1, 0.15) is 65.4 Å². The van der Waals surface area contributed by atoms with E-state index in [1.54, 1.807) is 7.05 Å². The number of carbonyl (C=O) groups is 2. The molecule has 0 saturated carbocycles. The summed E-state index contributed by atoms with van der Waals surface area (Å²) < 4.78 is 0. The first-order valence-corrected chi connectivity index (χ1v) is 13.1. The fraction of sp³-hybridized carbons (Fsp3) is 0.643. The molecule has 1 aromatic carbocycles. The predicted octanol–water partition coefficient (Wildman–Crippen LogP) is 4.53. The Balaban J connectivity index is 0.00000107. The Hall–Kier alpha value is -2.34. The predicted molar refractivity (Wildman–Crippen MR) is 144 cm³/mol. The molecule has 1 aromatic rings. The average Bonchev–Trinajstić information content (AvgIpc) is 2.83. The van der Waals surface area contributed by atoms with Gasteiger partial charge in [0.05, 0.1) is 5.92 Å². The van der Waals surface area contributed by atoms with E-state index in [0.717, 1.165) is 57.0 Å². The molecule has 0 aliphatic carbocycles. The number of nitrogens with one attached hydrogen (secondary N) is 1. The highest BCUT2D eigenvalue weighted by Crippen LogP contribution is 2.26. The molecule has 1 amide bonds. The Kier molecular flexibility index (Phi) is 14.2. The second kappa shape index (κ2) is 16.3. The molecule has 1 unspecified atom stereocenters. The van der Waals surface area contributed by atoms with E-state index in [1.165, 1.54) is 24.4 Å². The second-order valence-corrected chi connectivity index (χ2v) is 9.00. The van der Waals surface area contributed by atoms with Gasteiger partial charge in [-0.1, -0.05) is 52.8 Å². The highest BCUT2D eigenvalue weighted by atomic mass is 16.1. The molecule has 6 heteroatoms. The Bertz CT molecular complexity index is 720. The van der Waals surface area contributed by atoms with Gasteiger partial charge in [-0.25, -0.2) is 0 Å². The zero-order chi connectivity index (χ0) is 25.5. The van der Waals surface area contributed by atoms with Crippen molar-refractivity contribution in [1.82, 2.24) is 15.1 Å². The monoisotopic (exact) mass is 472 g/mol. The molecule has 1 atom stereocenters. The number of likely N-dealkylation sites (tertiary alicyclic amines) is 1. The van der Waals surface area contributed by atoms with Crippen LogP contribution in [0, 0.1) is 5.92 Å². The van der Waals surface area contributed by atoms with Crippen LogP contribution in [0.4, 0.5) is 5.69 Å². The molecule has 2 saturated heterocycles. The summed E-state index contributed by atoms with van der Waals surface area (Å²) in [6.07, 6.45) is 3.07. The molecular formula is C28H48N4O2. The number of aldehydes is 1. The summed E-state index contributed by atoms with van der Waals surface area (Å²) in [7, 11) is 1.64. The number of carbonyl (C=O) groups excluding carboxylic acids is 2. The molecular weight excluding hydrogens is 424 g/mol. The molecule has 2 aliphatic rings. The molecule has 6 nitrogen and oxygen atoms in total. The minimum Gasteiger partial charge on any atom is -0.375 e. The van der Waals surface area contributed by atoms with E-state index in [0.29, 0.717) is 12.8 Å². The van der Waals surface area contributed by atoms with Crippen LogP contribution in [0.25, 0.3) is 0 Å². The molecule has 0 bridgehead atoms. The van der Waals surface area contributed by atoms with Crippen molar-refractivity contribution in [3.63, 3.8) is 0 Å². The summed E-state index contributed by atoms with van der Waals surface area (Å²) in [6.45, 7) is 22.1. The average molecular weight is 473 g/mol. The Labute approximate surface area is 208 Å². The Morgan fingerprint density at radius 3 is 2.15 bits per heavy atom. The number of likely N-dealkylation sites (N-methyl/N-ethyl adjacent to an activating group) is 1. The lowest BCUT2D eigenvalue weighted by Gasteiger charge is -2.45. The first-order chi connectivity index (χ1) is 16.4. The largest absolute Gasteiger partial charge is 0.375 e. The van der Waals surface area contributed by atoms with Crippen LogP contribution in [0.5, 0.6) is 0 Å². The third kappa shape index (κ3) is 9.13. The lowest BCUT2D eigenvalue weighted by atomic mass is 9.93. The summed E-state index contributed by atoms with van der Waals surface area (Å²) in [5, 5.41) is 2.71. The van der Waals surface area contributed by atoms with Gasteiger partial charge in [0.1, 0.15) is 6.29 Å². The summed E-state index contributed by atoms with van der Waals surface area (Å²) >= 11 is 0. The van der Waals surface area contributed by atoms with Crippen molar-refractivity contribution in [1.29, 1.82) is 0 Å². The number of anilines is 1. The van der Waals surface area contributed by atoms with Crippen molar-refractivity contribution in [3.8, 4) is 0 Å². The normalized spacial score (nSPS) is 16.8. The highest BCUT2D eigenvalue weighted by molar-refractivity contribution is 5.83. The van der Waals surface area contributed by atoms with Gasteiger partial charge in [0.15, 0.2) is 0 Å². The van der Waals surface area contributed by atoms with Crippen molar-refractivity contribution in [2.75, 3.05) is 57.8 Å². The second-order valence-electron chi connectivity index (χ2n) is 9.00. The minimum absolute atomic E-state index is 0.0329. The maximum absolute atomic E-state index is 12.2. The van der Waals surface area contributed by atoms with Crippen LogP contribution in [0.15, 0.2) is 36.5 Å². The third-order valence-electron chi connectivity index (χ3n) is 6.18. The van der Waals surface area contributed by atoms with Gasteiger partial charge in [0.2, 0.25) is 5.91 Å². The van der Waals surface area contributed by atoms with E-state index >= 15 is 0 Å². The zero-order valence-corrected chi connectivity index (χ0v) is 22.5. The van der Waals surface area contributed by atoms with Gasteiger partial charge in [-0.15, -0.1) is 0 Å². The van der Waals surface area contributed by atoms with Crippen molar-refractivity contribution in [2.45, 2.75) is 59.8 Å². The molecule has 34 heavy (non-hydrogen) atoms. The number of amides is 1. The molecule has 0 aromatic heterocycles. The number of hydrogen-bond donors (Lipinski definition) is 1. The molecule has 3 rings (SSSR count). The first-order valence-electron chi connectivity index (χ1n) is 13.1. The minimum atomic E-state index is -0.266. The summed E-state index contributed by atoms with van der Waals surface area (Å²) in [6, 6.07) is 8.29. The highest BCUT2D eigenvalue weighted by Gasteiger charge is 2.29. The van der Waals surface area contributed by atoms with Gasteiger partial charge in [-0.3, -0.25) is 9.69 Å². The van der Waals surface area contributed by atoms with Crippen molar-refractivity contribution >= 4 is 17.9 Å². The van der Waals surface area contributed by atoms with Crippen LogP contribution in [0.2, 0.25) is 0 Å². The first kappa shape index (κ1) is 29.7. The molecule has 0 spiro atoms. The van der Waals surface area contributed by atoms with E-state index < -0.39 is 0 Å². The third-order valence-corrected chi connectivity index (χ3v) is 6.18. The van der Waals surface area contributed by atoms with Crippen LogP contribution < -0.4 is 10.2 Å². The van der Waals surface area contributed by atoms with E-state index in [-0.39, 0.29) is 11.8 Å². The van der Waals surface area contributed by atoms with Gasteiger partial charge in [-0.2, -0.15) is 0 Å². The maximum atomic E-state index is 12.2. The lowest BCUT2D eigenvalue weighted by molar-refractivity contribution is -0.122. The maximum Gasteiger partial charge on any atom is 0.227 e. The summed E-state index contributed by atoms with van der Waals surface area (Å²) in [5.41, 5.74) is 3.36. The lowest BCUT2D eigenvalue weighted by Crippen LogP contribution is -2.54. The number of hydrogen-bond acceptors (Lipinski definition) is 5. The van der Waals surface area contributed by atoms with Crippen molar-refractivity contribution in [2.24, 2.45) is 5.92 Å². The van der Waals surface area contributed by atoms with Gasteiger partial charge >= 0.3 is 0 Å². The Morgan fingerprint density at radius 1 is 1.12 bits per heavy atom. The standard InChI is InChI=1S/C23H34N4O2.C3H8.C2H6/c1-18(2)27-16-19(17-27)15-25-10-12-26(13-11-25)21-8-6-20(7-9-21)22(5-4-14-28)23(29)24-3;1-3-2;1-2/h6-9,14,19,22H,1,4-5,10-13,15-17H2,2-3H3,(H,24,29);3H2,1-2H3;1-2H3. The molecule has 0 radical (unpaired) electrons. The number of allylic oxidation sites excluding steroid dienone is 1. The van der Waals surface area contributed by atoms with Crippen LogP contribution in [-0.2, 0) is 9.59 Å². The summed E-state index contributed by atoms with van der Waals surface area (Å²) in [5.74, 6) is 0.470. The van der Waals surface area contributed by atoms with E-state index in [9.17, 15) is 9.59 Å². The molecule has 192 valence electrons.